The van der Waals surface area contributed by atoms with E-state index < -0.39 is 0 Å². The van der Waals surface area contributed by atoms with Gasteiger partial charge >= 0.3 is 0 Å². The van der Waals surface area contributed by atoms with Gasteiger partial charge in [0.15, 0.2) is 0 Å². The summed E-state index contributed by atoms with van der Waals surface area (Å²) in [6, 6.07) is 9.53. The Morgan fingerprint density at radius 1 is 1.00 bits per heavy atom. The van der Waals surface area contributed by atoms with Gasteiger partial charge in [0.25, 0.3) is 0 Å². The van der Waals surface area contributed by atoms with Crippen molar-refractivity contribution < 1.29 is 0 Å². The molecule has 0 radical (unpaired) electrons. The summed E-state index contributed by atoms with van der Waals surface area (Å²) in [6.45, 7) is 4.75. The Bertz CT molecular complexity index is 384. The first kappa shape index (κ1) is 12.2. The molecule has 0 unspecified atom stereocenters. The maximum atomic E-state index is 3.98. The molecule has 1 spiro atoms. The molecule has 1 heterocycles. The van der Waals surface area contributed by atoms with Crippen molar-refractivity contribution in [3.63, 3.8) is 0 Å². The molecule has 18 heavy (non-hydrogen) atoms. The summed E-state index contributed by atoms with van der Waals surface area (Å²) in [4.78, 5) is 0. The van der Waals surface area contributed by atoms with Crippen molar-refractivity contribution in [2.24, 2.45) is 0 Å². The summed E-state index contributed by atoms with van der Waals surface area (Å²) in [6.07, 6.45) is 8.30. The third-order valence-electron chi connectivity index (χ3n) is 5.02. The maximum absolute atomic E-state index is 3.98. The van der Waals surface area contributed by atoms with Crippen molar-refractivity contribution in [1.29, 1.82) is 0 Å². The van der Waals surface area contributed by atoms with Crippen LogP contribution in [0.1, 0.15) is 75.5 Å². The highest BCUT2D eigenvalue weighted by Crippen LogP contribution is 2.42. The van der Waals surface area contributed by atoms with Crippen LogP contribution in [0.5, 0.6) is 0 Å². The summed E-state index contributed by atoms with van der Waals surface area (Å²) >= 11 is 0. The molecule has 0 aromatic heterocycles. The first-order valence-electron chi connectivity index (χ1n) is 7.57. The van der Waals surface area contributed by atoms with Gasteiger partial charge in [0.05, 0.1) is 0 Å². The van der Waals surface area contributed by atoms with Gasteiger partial charge in [-0.2, -0.15) is 0 Å². The Labute approximate surface area is 111 Å². The van der Waals surface area contributed by atoms with Crippen LogP contribution in [0.3, 0.4) is 0 Å². The standard InChI is InChI=1S/C17H25N/c1-13-12-17(10-6-3-7-11-17)18-14(2)16-9-5-4-8-15(13)16/h4-5,8-9,13-14,18H,3,6-7,10-12H2,1-2H3/t13-,14-/m1/s1. The lowest BCUT2D eigenvalue weighted by atomic mass is 9.75. The van der Waals surface area contributed by atoms with Gasteiger partial charge in [-0.15, -0.1) is 0 Å². The molecule has 3 rings (SSSR count). The van der Waals surface area contributed by atoms with Crippen LogP contribution < -0.4 is 5.32 Å². The molecule has 2 atom stereocenters. The van der Waals surface area contributed by atoms with Crippen molar-refractivity contribution in [2.45, 2.75) is 69.9 Å². The van der Waals surface area contributed by atoms with Crippen molar-refractivity contribution in [2.75, 3.05) is 0 Å². The van der Waals surface area contributed by atoms with Crippen molar-refractivity contribution in [3.8, 4) is 0 Å². The minimum absolute atomic E-state index is 0.413. The quantitative estimate of drug-likeness (QED) is 0.705. The lowest BCUT2D eigenvalue weighted by Gasteiger charge is -2.40. The lowest BCUT2D eigenvalue weighted by molar-refractivity contribution is 0.195. The van der Waals surface area contributed by atoms with Crippen LogP contribution in [0.15, 0.2) is 24.3 Å². The van der Waals surface area contributed by atoms with Gasteiger partial charge in [-0.25, -0.2) is 0 Å². The highest BCUT2D eigenvalue weighted by atomic mass is 15.0. The molecule has 1 aromatic carbocycles. The van der Waals surface area contributed by atoms with E-state index >= 15 is 0 Å². The van der Waals surface area contributed by atoms with Crippen LogP contribution in [0.4, 0.5) is 0 Å². The Morgan fingerprint density at radius 3 is 2.39 bits per heavy atom. The van der Waals surface area contributed by atoms with Gasteiger partial charge in [-0.1, -0.05) is 50.5 Å². The largest absolute Gasteiger partial charge is 0.305 e. The summed E-state index contributed by atoms with van der Waals surface area (Å²) in [5.74, 6) is 0.691. The molecule has 2 aliphatic rings. The molecule has 1 nitrogen and oxygen atoms in total. The van der Waals surface area contributed by atoms with Crippen molar-refractivity contribution in [1.82, 2.24) is 5.32 Å². The molecule has 1 aliphatic heterocycles. The maximum Gasteiger partial charge on any atom is 0.0299 e. The van der Waals surface area contributed by atoms with Crippen LogP contribution >= 0.6 is 0 Å². The number of hydrogen-bond acceptors (Lipinski definition) is 1. The highest BCUT2D eigenvalue weighted by molar-refractivity contribution is 5.34. The monoisotopic (exact) mass is 243 g/mol. The normalized spacial score (nSPS) is 30.8. The van der Waals surface area contributed by atoms with E-state index in [2.05, 4.69) is 43.4 Å². The van der Waals surface area contributed by atoms with E-state index in [4.69, 9.17) is 0 Å². The summed E-state index contributed by atoms with van der Waals surface area (Å²) in [5, 5.41) is 3.98. The number of hydrogen-bond donors (Lipinski definition) is 1. The molecule has 0 bridgehead atoms. The predicted molar refractivity (Wildman–Crippen MR) is 76.8 cm³/mol. The molecule has 1 saturated carbocycles. The highest BCUT2D eigenvalue weighted by Gasteiger charge is 2.37. The Morgan fingerprint density at radius 2 is 1.67 bits per heavy atom. The van der Waals surface area contributed by atoms with E-state index in [0.717, 1.165) is 0 Å². The van der Waals surface area contributed by atoms with E-state index in [0.29, 0.717) is 17.5 Å². The first-order chi connectivity index (χ1) is 8.70. The van der Waals surface area contributed by atoms with Crippen molar-refractivity contribution in [3.05, 3.63) is 35.4 Å². The topological polar surface area (TPSA) is 12.0 Å². The number of benzene rings is 1. The van der Waals surface area contributed by atoms with Crippen LogP contribution in [0, 0.1) is 0 Å². The molecule has 1 aliphatic carbocycles. The minimum Gasteiger partial charge on any atom is -0.305 e. The zero-order valence-electron chi connectivity index (χ0n) is 11.7. The SMILES string of the molecule is C[C@@H]1CC2(CCCCC2)N[C@H](C)c2ccccc21. The Hall–Kier alpha value is -0.820. The van der Waals surface area contributed by atoms with Crippen molar-refractivity contribution >= 4 is 0 Å². The molecular weight excluding hydrogens is 218 g/mol. The predicted octanol–water partition coefficient (Wildman–Crippen LogP) is 4.55. The summed E-state index contributed by atoms with van der Waals surface area (Å²) < 4.78 is 0. The van der Waals surface area contributed by atoms with E-state index in [-0.39, 0.29) is 0 Å². The van der Waals surface area contributed by atoms with Gasteiger partial charge in [0, 0.05) is 11.6 Å². The van der Waals surface area contributed by atoms with E-state index in [9.17, 15) is 0 Å². The van der Waals surface area contributed by atoms with Gasteiger partial charge in [-0.05, 0) is 43.2 Å². The average molecular weight is 243 g/mol. The van der Waals surface area contributed by atoms with Gasteiger partial charge in [0.2, 0.25) is 0 Å². The van der Waals surface area contributed by atoms with Crippen LogP contribution in [-0.2, 0) is 0 Å². The average Bonchev–Trinajstić information content (AvgIpc) is 2.48. The second-order valence-corrected chi connectivity index (χ2v) is 6.44. The van der Waals surface area contributed by atoms with E-state index in [1.807, 2.05) is 0 Å². The summed E-state index contributed by atoms with van der Waals surface area (Å²) in [7, 11) is 0. The molecular formula is C17H25N. The molecule has 98 valence electrons. The molecule has 1 aromatic rings. The molecule has 1 heteroatoms. The number of rotatable bonds is 0. The fraction of sp³-hybridized carbons (Fsp3) is 0.647. The van der Waals surface area contributed by atoms with Crippen LogP contribution in [-0.4, -0.2) is 5.54 Å². The second-order valence-electron chi connectivity index (χ2n) is 6.44. The fourth-order valence-electron chi connectivity index (χ4n) is 4.22. The first-order valence-corrected chi connectivity index (χ1v) is 7.57. The smallest absolute Gasteiger partial charge is 0.0299 e. The summed E-state index contributed by atoms with van der Waals surface area (Å²) in [5.41, 5.74) is 3.50. The van der Waals surface area contributed by atoms with Crippen LogP contribution in [0.2, 0.25) is 0 Å². The molecule has 0 amide bonds. The zero-order chi connectivity index (χ0) is 12.6. The third kappa shape index (κ3) is 2.09. The molecule has 0 saturated heterocycles. The minimum atomic E-state index is 0.413. The zero-order valence-corrected chi connectivity index (χ0v) is 11.7. The van der Waals surface area contributed by atoms with Gasteiger partial charge in [-0.3, -0.25) is 0 Å². The van der Waals surface area contributed by atoms with E-state index in [1.165, 1.54) is 44.1 Å². The molecule has 1 fully saturated rings. The van der Waals surface area contributed by atoms with Crippen LogP contribution in [0.25, 0.3) is 0 Å². The Kier molecular flexibility index (Phi) is 3.19. The lowest BCUT2D eigenvalue weighted by Crippen LogP contribution is -2.47. The third-order valence-corrected chi connectivity index (χ3v) is 5.02. The molecule has 1 N–H and O–H groups in total. The van der Waals surface area contributed by atoms with Gasteiger partial charge < -0.3 is 5.32 Å². The number of nitrogens with one attached hydrogen (secondary N) is 1. The Balaban J connectivity index is 1.95. The van der Waals surface area contributed by atoms with E-state index in [1.54, 1.807) is 5.56 Å². The second kappa shape index (κ2) is 4.70. The van der Waals surface area contributed by atoms with Gasteiger partial charge in [0.1, 0.15) is 0 Å². The number of fused-ring (bicyclic) bond motifs is 1. The fourth-order valence-corrected chi connectivity index (χ4v) is 4.22.